The first-order chi connectivity index (χ1) is 9.09. The van der Waals surface area contributed by atoms with Gasteiger partial charge in [-0.1, -0.05) is 26.7 Å². The van der Waals surface area contributed by atoms with Crippen molar-refractivity contribution in [2.45, 2.75) is 52.9 Å². The van der Waals surface area contributed by atoms with Gasteiger partial charge < -0.3 is 4.74 Å². The number of allylic oxidation sites excluding steroid dienone is 2. The molecule has 2 aliphatic rings. The van der Waals surface area contributed by atoms with Crippen LogP contribution in [0, 0.1) is 27.9 Å². The van der Waals surface area contributed by atoms with Crippen LogP contribution in [0.25, 0.3) is 0 Å². The number of nitro groups is 1. The molecule has 0 radical (unpaired) electrons. The van der Waals surface area contributed by atoms with Gasteiger partial charge in [0, 0.05) is 12.8 Å². The molecule has 0 aromatic carbocycles. The summed E-state index contributed by atoms with van der Waals surface area (Å²) in [5.41, 5.74) is 0.351. The van der Waals surface area contributed by atoms with Gasteiger partial charge in [-0.15, -0.1) is 0 Å². The summed E-state index contributed by atoms with van der Waals surface area (Å²) in [5.74, 6) is 0.132. The van der Waals surface area contributed by atoms with Gasteiger partial charge in [-0.25, -0.2) is 0 Å². The predicted molar refractivity (Wildman–Crippen MR) is 76.6 cm³/mol. The molecule has 0 spiro atoms. The maximum absolute atomic E-state index is 11.2. The topological polar surface area (TPSA) is 69.4 Å². The van der Waals surface area contributed by atoms with E-state index in [9.17, 15) is 14.9 Å². The Morgan fingerprint density at radius 2 is 2.05 bits per heavy atom. The van der Waals surface area contributed by atoms with E-state index in [1.807, 2.05) is 0 Å². The Balaban J connectivity index is 0.00000200. The molecule has 1 saturated carbocycles. The Bertz CT molecular complexity index is 385. The van der Waals surface area contributed by atoms with Crippen LogP contribution in [0.1, 0.15) is 52.9 Å². The molecule has 0 unspecified atom stereocenters. The fourth-order valence-corrected chi connectivity index (χ4v) is 3.51. The predicted octanol–water partition coefficient (Wildman–Crippen LogP) is 3.56. The molecule has 5 heteroatoms. The number of hydrogen-bond donors (Lipinski definition) is 0. The summed E-state index contributed by atoms with van der Waals surface area (Å²) in [6.45, 7) is 1.69. The van der Waals surface area contributed by atoms with E-state index in [1.165, 1.54) is 13.3 Å². The van der Waals surface area contributed by atoms with E-state index in [-0.39, 0.29) is 30.2 Å². The molecule has 20 heavy (non-hydrogen) atoms. The van der Waals surface area contributed by atoms with Gasteiger partial charge in [-0.05, 0) is 31.3 Å². The number of ether oxygens (including phenoxy) is 1. The van der Waals surface area contributed by atoms with Crippen LogP contribution in [-0.2, 0) is 9.53 Å². The number of carbonyl (C=O) groups excluding carboxylic acids is 1. The van der Waals surface area contributed by atoms with Gasteiger partial charge in [0.1, 0.15) is 0 Å². The summed E-state index contributed by atoms with van der Waals surface area (Å²) in [6, 6.07) is 0. The first kappa shape index (κ1) is 16.7. The van der Waals surface area contributed by atoms with Crippen LogP contribution >= 0.6 is 0 Å². The van der Waals surface area contributed by atoms with Crippen LogP contribution < -0.4 is 0 Å². The fraction of sp³-hybridized carbons (Fsp3) is 0.800. The summed E-state index contributed by atoms with van der Waals surface area (Å²) >= 11 is 0. The van der Waals surface area contributed by atoms with E-state index in [2.05, 4.69) is 0 Å². The van der Waals surface area contributed by atoms with E-state index in [0.29, 0.717) is 24.6 Å². The maximum Gasteiger partial charge on any atom is 0.302 e. The van der Waals surface area contributed by atoms with Gasteiger partial charge in [0.05, 0.1) is 17.4 Å². The summed E-state index contributed by atoms with van der Waals surface area (Å²) in [4.78, 5) is 21.9. The lowest BCUT2D eigenvalue weighted by atomic mass is 9.75. The fourth-order valence-electron chi connectivity index (χ4n) is 3.51. The smallest absolute Gasteiger partial charge is 0.302 e. The van der Waals surface area contributed by atoms with Crippen molar-refractivity contribution >= 4 is 5.97 Å². The lowest BCUT2D eigenvalue weighted by Gasteiger charge is -2.30. The molecule has 0 N–H and O–H groups in total. The summed E-state index contributed by atoms with van der Waals surface area (Å²) in [6.07, 6.45) is 8.06. The highest BCUT2D eigenvalue weighted by atomic mass is 16.6. The van der Waals surface area contributed by atoms with E-state index in [0.717, 1.165) is 25.7 Å². The molecule has 0 saturated heterocycles. The van der Waals surface area contributed by atoms with Crippen LogP contribution in [0.2, 0.25) is 0 Å². The SMILES string of the molecule is C.CC(=O)OC[C@@H]1CC=C([N+](=O)[O-])[C@@H]1C1CCCCC1. The minimum Gasteiger partial charge on any atom is -0.466 e. The monoisotopic (exact) mass is 283 g/mol. The summed E-state index contributed by atoms with van der Waals surface area (Å²) < 4.78 is 5.08. The van der Waals surface area contributed by atoms with Crippen LogP contribution in [0.5, 0.6) is 0 Å². The molecular formula is C15H25NO4. The van der Waals surface area contributed by atoms with E-state index in [4.69, 9.17) is 4.74 Å². The molecule has 0 amide bonds. The standard InChI is InChI=1S/C14H21NO4.CH4/c1-10(16)19-9-12-7-8-13(15(17)18)14(12)11-5-3-2-4-6-11;/h8,11-12,14H,2-7,9H2,1H3;1H4/t12-,14+;/m0./s1. The normalized spacial score (nSPS) is 26.6. The molecule has 0 aliphatic heterocycles. The minimum atomic E-state index is -0.308. The molecule has 0 bridgehead atoms. The molecule has 0 aromatic heterocycles. The van der Waals surface area contributed by atoms with Gasteiger partial charge in [-0.2, -0.15) is 0 Å². The van der Waals surface area contributed by atoms with Crippen molar-refractivity contribution in [1.29, 1.82) is 0 Å². The van der Waals surface area contributed by atoms with E-state index >= 15 is 0 Å². The largest absolute Gasteiger partial charge is 0.466 e. The van der Waals surface area contributed by atoms with Crippen LogP contribution in [-0.4, -0.2) is 17.5 Å². The zero-order valence-electron chi connectivity index (χ0n) is 11.3. The summed E-state index contributed by atoms with van der Waals surface area (Å²) in [7, 11) is 0. The third-order valence-electron chi connectivity index (χ3n) is 4.35. The molecule has 0 aromatic rings. The van der Waals surface area contributed by atoms with Gasteiger partial charge in [-0.3, -0.25) is 14.9 Å². The number of rotatable bonds is 4. The van der Waals surface area contributed by atoms with Crippen LogP contribution in [0.4, 0.5) is 0 Å². The minimum absolute atomic E-state index is 0. The highest BCUT2D eigenvalue weighted by molar-refractivity contribution is 5.65. The van der Waals surface area contributed by atoms with Crippen molar-refractivity contribution in [2.75, 3.05) is 6.61 Å². The van der Waals surface area contributed by atoms with E-state index in [1.54, 1.807) is 6.08 Å². The van der Waals surface area contributed by atoms with Crippen LogP contribution in [0.15, 0.2) is 11.8 Å². The zero-order valence-corrected chi connectivity index (χ0v) is 11.3. The van der Waals surface area contributed by atoms with Crippen molar-refractivity contribution in [3.8, 4) is 0 Å². The average molecular weight is 283 g/mol. The summed E-state index contributed by atoms with van der Waals surface area (Å²) in [5, 5.41) is 11.2. The molecule has 0 heterocycles. The van der Waals surface area contributed by atoms with Crippen molar-refractivity contribution < 1.29 is 14.5 Å². The molecule has 1 fully saturated rings. The molecule has 2 rings (SSSR count). The second-order valence-electron chi connectivity index (χ2n) is 5.61. The second-order valence-corrected chi connectivity index (χ2v) is 5.61. The zero-order chi connectivity index (χ0) is 13.8. The number of nitrogens with zero attached hydrogens (tertiary/aromatic N) is 1. The highest BCUT2D eigenvalue weighted by Gasteiger charge is 2.43. The Labute approximate surface area is 120 Å². The molecule has 2 atom stereocenters. The van der Waals surface area contributed by atoms with Crippen LogP contribution in [0.3, 0.4) is 0 Å². The number of carbonyl (C=O) groups is 1. The Hall–Kier alpha value is -1.39. The van der Waals surface area contributed by atoms with Gasteiger partial charge in [0.25, 0.3) is 0 Å². The Kier molecular flexibility index (Phi) is 6.17. The lowest BCUT2D eigenvalue weighted by Crippen LogP contribution is -2.29. The number of hydrogen-bond acceptors (Lipinski definition) is 4. The Morgan fingerprint density at radius 3 is 2.60 bits per heavy atom. The van der Waals surface area contributed by atoms with E-state index < -0.39 is 0 Å². The highest BCUT2D eigenvalue weighted by Crippen LogP contribution is 2.43. The van der Waals surface area contributed by atoms with Crippen molar-refractivity contribution in [3.05, 3.63) is 21.9 Å². The second kappa shape index (κ2) is 7.41. The van der Waals surface area contributed by atoms with Gasteiger partial charge >= 0.3 is 5.97 Å². The third kappa shape index (κ3) is 3.81. The van der Waals surface area contributed by atoms with Gasteiger partial charge in [0.15, 0.2) is 0 Å². The molecule has 2 aliphatic carbocycles. The molecule has 5 nitrogen and oxygen atoms in total. The van der Waals surface area contributed by atoms with Crippen molar-refractivity contribution in [2.24, 2.45) is 17.8 Å². The van der Waals surface area contributed by atoms with Crippen molar-refractivity contribution in [3.63, 3.8) is 0 Å². The lowest BCUT2D eigenvalue weighted by molar-refractivity contribution is -0.435. The first-order valence-corrected chi connectivity index (χ1v) is 7.07. The number of esters is 1. The third-order valence-corrected chi connectivity index (χ3v) is 4.35. The quantitative estimate of drug-likeness (QED) is 0.449. The maximum atomic E-state index is 11.2. The first-order valence-electron chi connectivity index (χ1n) is 7.07. The molecular weight excluding hydrogens is 258 g/mol. The average Bonchev–Trinajstić information content (AvgIpc) is 2.81. The van der Waals surface area contributed by atoms with Crippen molar-refractivity contribution in [1.82, 2.24) is 0 Å². The molecule has 114 valence electrons. The Morgan fingerprint density at radius 1 is 1.40 bits per heavy atom. The van der Waals surface area contributed by atoms with Gasteiger partial charge in [0.2, 0.25) is 5.70 Å².